The Morgan fingerprint density at radius 3 is 1.81 bits per heavy atom. The van der Waals surface area contributed by atoms with Crippen molar-refractivity contribution in [3.8, 4) is 27.9 Å². The largest absolute Gasteiger partial charge is 0.494 e. The molecule has 0 radical (unpaired) electrons. The topological polar surface area (TPSA) is 77.0 Å². The van der Waals surface area contributed by atoms with E-state index in [0.717, 1.165) is 122 Å². The van der Waals surface area contributed by atoms with Gasteiger partial charge < -0.3 is 40.8 Å². The summed E-state index contributed by atoms with van der Waals surface area (Å²) in [7, 11) is -1.03. The minimum Gasteiger partial charge on any atom is -0.456 e. The molecule has 2 bridgehead atoms. The van der Waals surface area contributed by atoms with Crippen LogP contribution in [0.1, 0.15) is 72.1 Å². The smallest absolute Gasteiger partial charge is 0.456 e. The van der Waals surface area contributed by atoms with E-state index in [9.17, 15) is 0 Å². The van der Waals surface area contributed by atoms with Gasteiger partial charge in [-0.1, -0.05) is 103 Å². The standard InChI is InChI=1S/C74H57B2N3O6/c1-39-52-35-45(76-84-73(6,7)74(8,9)85-76)36-58(39)79-57-29-30-61-65(64(57)51-22-16-18-42(67(51)79)31-41-17-10-11-19-46(41)52)50-27-25-40(34-62(50)80-61)43-32-53-47-20-12-14-23-55(47)77-60-38-54-48-28-26-44(75-82-71(2,3)72(4,5)83-75)37-63(48)81-70(54)66-49-21-13-15-24-56(49)78(69(60)66)59(33-43)68(53)77/h10-30,32-38H,31H2,1-9H3. The van der Waals surface area contributed by atoms with Crippen LogP contribution in [0.2, 0.25) is 0 Å². The summed E-state index contributed by atoms with van der Waals surface area (Å²) < 4.78 is 48.3. The maximum Gasteiger partial charge on any atom is 0.494 e. The van der Waals surface area contributed by atoms with Gasteiger partial charge in [-0.05, 0) is 179 Å². The first-order chi connectivity index (χ1) is 41.0. The monoisotopic (exact) mass is 1110 g/mol. The van der Waals surface area contributed by atoms with Gasteiger partial charge in [0.2, 0.25) is 0 Å². The van der Waals surface area contributed by atoms with E-state index < -0.39 is 36.6 Å². The van der Waals surface area contributed by atoms with Gasteiger partial charge in [0.1, 0.15) is 22.3 Å². The Hall–Kier alpha value is -8.83. The fraction of sp³-hybridized carbons (Fsp3) is 0.189. The van der Waals surface area contributed by atoms with Crippen LogP contribution in [0.5, 0.6) is 0 Å². The van der Waals surface area contributed by atoms with Gasteiger partial charge in [-0.25, -0.2) is 0 Å². The van der Waals surface area contributed by atoms with Gasteiger partial charge >= 0.3 is 14.2 Å². The van der Waals surface area contributed by atoms with Crippen LogP contribution in [0.3, 0.4) is 0 Å². The lowest BCUT2D eigenvalue weighted by Crippen LogP contribution is -2.41. The second-order valence-electron chi connectivity index (χ2n) is 26.5. The van der Waals surface area contributed by atoms with Crippen molar-refractivity contribution < 1.29 is 27.5 Å². The molecular weight excluding hydrogens is 1050 g/mol. The summed E-state index contributed by atoms with van der Waals surface area (Å²) in [6.45, 7) is 19.2. The molecule has 85 heavy (non-hydrogen) atoms. The van der Waals surface area contributed by atoms with Gasteiger partial charge in [0.25, 0.3) is 0 Å². The summed E-state index contributed by atoms with van der Waals surface area (Å²) in [6, 6.07) is 62.9. The Kier molecular flexibility index (Phi) is 9.09. The van der Waals surface area contributed by atoms with Crippen molar-refractivity contribution in [1.29, 1.82) is 0 Å². The van der Waals surface area contributed by atoms with E-state index in [0.29, 0.717) is 0 Å². The summed E-state index contributed by atoms with van der Waals surface area (Å²) in [5.74, 6) is 0. The molecule has 0 unspecified atom stereocenters. The number of aromatic nitrogens is 3. The number of furan rings is 2. The molecule has 2 fully saturated rings. The van der Waals surface area contributed by atoms with Crippen molar-refractivity contribution in [2.75, 3.05) is 0 Å². The van der Waals surface area contributed by atoms with E-state index in [2.05, 4.69) is 246 Å². The molecule has 10 aromatic carbocycles. The third kappa shape index (κ3) is 6.18. The Labute approximate surface area is 489 Å². The lowest BCUT2D eigenvalue weighted by Gasteiger charge is -2.32. The summed E-state index contributed by atoms with van der Waals surface area (Å²) in [4.78, 5) is 0. The van der Waals surface area contributed by atoms with Gasteiger partial charge in [0.05, 0.1) is 71.9 Å². The zero-order valence-corrected chi connectivity index (χ0v) is 48.8. The molecule has 9 heterocycles. The molecule has 3 aliphatic heterocycles. The Bertz CT molecular complexity index is 5680. The van der Waals surface area contributed by atoms with E-state index in [1.165, 1.54) is 60.4 Å². The van der Waals surface area contributed by atoms with Gasteiger partial charge in [-0.2, -0.15) is 0 Å². The molecule has 410 valence electrons. The number of nitrogens with zero attached hydrogens (tertiary/aromatic N) is 3. The summed E-state index contributed by atoms with van der Waals surface area (Å²) in [5, 5.41) is 11.3. The lowest BCUT2D eigenvalue weighted by atomic mass is 9.76. The quantitative estimate of drug-likeness (QED) is 0.130. The molecule has 19 rings (SSSR count). The van der Waals surface area contributed by atoms with Crippen LogP contribution in [0, 0.1) is 6.92 Å². The van der Waals surface area contributed by atoms with Gasteiger partial charge in [0, 0.05) is 60.6 Å². The highest BCUT2D eigenvalue weighted by Gasteiger charge is 2.53. The molecule has 6 aromatic heterocycles. The van der Waals surface area contributed by atoms with E-state index >= 15 is 0 Å². The molecule has 9 nitrogen and oxygen atoms in total. The second kappa shape index (κ2) is 15.9. The van der Waals surface area contributed by atoms with E-state index in [-0.39, 0.29) is 0 Å². The third-order valence-corrected chi connectivity index (χ3v) is 20.8. The Morgan fingerprint density at radius 2 is 1.02 bits per heavy atom. The molecule has 11 heteroatoms. The zero-order chi connectivity index (χ0) is 57.1. The highest BCUT2D eigenvalue weighted by Crippen LogP contribution is 2.50. The van der Waals surface area contributed by atoms with Crippen molar-refractivity contribution in [3.05, 3.63) is 187 Å². The molecule has 0 spiro atoms. The normalized spacial score (nSPS) is 17.3. The van der Waals surface area contributed by atoms with Crippen LogP contribution in [-0.4, -0.2) is 50.0 Å². The molecule has 0 atom stereocenters. The number of benzene rings is 10. The SMILES string of the molecule is Cc1c2cc(B3OC(C)(C)C(C)(C)O3)cc1-n1c3ccc4oc5cc(-c6cc7c8ccccc8n8c9cc%10c%11ccc(B%12OC(C)(C)C(C)(C)O%12)cc%11oc%10c%10c%11ccccc%11n(c(c6)c78)c%109)ccc5c4c3c3cccc(c31)Cc1ccccc1-2. The van der Waals surface area contributed by atoms with E-state index in [4.69, 9.17) is 27.5 Å². The van der Waals surface area contributed by atoms with Crippen molar-refractivity contribution in [2.24, 2.45) is 0 Å². The first kappa shape index (κ1) is 48.5. The maximum absolute atomic E-state index is 7.10. The molecule has 3 aliphatic rings. The van der Waals surface area contributed by atoms with Crippen LogP contribution < -0.4 is 10.9 Å². The predicted octanol–water partition coefficient (Wildman–Crippen LogP) is 17.3. The highest BCUT2D eigenvalue weighted by molar-refractivity contribution is 6.63. The Morgan fingerprint density at radius 1 is 0.376 bits per heavy atom. The average Bonchev–Trinajstić information content (AvgIpc) is 1.68. The van der Waals surface area contributed by atoms with Crippen LogP contribution in [0.15, 0.2) is 179 Å². The first-order valence-electron chi connectivity index (χ1n) is 29.9. The summed E-state index contributed by atoms with van der Waals surface area (Å²) >= 11 is 0. The molecule has 0 aliphatic carbocycles. The van der Waals surface area contributed by atoms with Gasteiger partial charge in [0.15, 0.2) is 0 Å². The van der Waals surface area contributed by atoms with E-state index in [1.54, 1.807) is 0 Å². The minimum atomic E-state index is -0.529. The lowest BCUT2D eigenvalue weighted by molar-refractivity contribution is 0.00578. The number of hydrogen-bond donors (Lipinski definition) is 0. The molecule has 0 saturated carbocycles. The number of rotatable bonds is 3. The molecule has 0 N–H and O–H groups in total. The molecular formula is C74H57B2N3O6. The Balaban J connectivity index is 0.826. The van der Waals surface area contributed by atoms with Crippen molar-refractivity contribution in [2.45, 2.75) is 91.1 Å². The third-order valence-electron chi connectivity index (χ3n) is 20.8. The van der Waals surface area contributed by atoms with Crippen molar-refractivity contribution >= 4 is 145 Å². The van der Waals surface area contributed by atoms with Crippen LogP contribution in [0.25, 0.3) is 148 Å². The van der Waals surface area contributed by atoms with Gasteiger partial charge in [-0.15, -0.1) is 0 Å². The van der Waals surface area contributed by atoms with Crippen molar-refractivity contribution in [3.63, 3.8) is 0 Å². The number of hydrogen-bond acceptors (Lipinski definition) is 6. The molecule has 2 saturated heterocycles. The minimum absolute atomic E-state index is 0.461. The molecule has 16 aromatic rings. The predicted molar refractivity (Wildman–Crippen MR) is 348 cm³/mol. The molecule has 0 amide bonds. The second-order valence-corrected chi connectivity index (χ2v) is 26.5. The fourth-order valence-corrected chi connectivity index (χ4v) is 15.1. The summed E-state index contributed by atoms with van der Waals surface area (Å²) in [5.41, 5.74) is 22.1. The van der Waals surface area contributed by atoms with E-state index in [1.807, 2.05) is 0 Å². The van der Waals surface area contributed by atoms with Crippen molar-refractivity contribution in [1.82, 2.24) is 13.4 Å². The number of para-hydroxylation sites is 3. The van der Waals surface area contributed by atoms with Crippen LogP contribution in [0.4, 0.5) is 0 Å². The maximum atomic E-state index is 7.10. The zero-order valence-electron chi connectivity index (χ0n) is 48.8. The first-order valence-corrected chi connectivity index (χ1v) is 29.9. The number of fused-ring (bicyclic) bond motifs is 24. The summed E-state index contributed by atoms with van der Waals surface area (Å²) in [6.07, 6.45) is 0.780. The average molecular weight is 1110 g/mol. The van der Waals surface area contributed by atoms with Gasteiger partial charge in [-0.3, -0.25) is 0 Å². The highest BCUT2D eigenvalue weighted by atomic mass is 16.7. The fourth-order valence-electron chi connectivity index (χ4n) is 15.1. The van der Waals surface area contributed by atoms with Crippen LogP contribution in [-0.2, 0) is 25.0 Å². The van der Waals surface area contributed by atoms with Crippen LogP contribution >= 0.6 is 0 Å².